The fraction of sp³-hybridized carbons (Fsp3) is 0.943. The molecule has 0 amide bonds. The van der Waals surface area contributed by atoms with Crippen LogP contribution in [0.3, 0.4) is 0 Å². The van der Waals surface area contributed by atoms with E-state index in [0.29, 0.717) is 25.7 Å². The van der Waals surface area contributed by atoms with Gasteiger partial charge >= 0.3 is 39.5 Å². The van der Waals surface area contributed by atoms with Crippen LogP contribution >= 0.6 is 15.6 Å². The predicted octanol–water partition coefficient (Wildman–Crippen LogP) is 20.1. The number of ether oxygens (including phenoxy) is 4. The molecular weight excluding hydrogens is 1170 g/mol. The van der Waals surface area contributed by atoms with Crippen molar-refractivity contribution in [3.63, 3.8) is 0 Å². The first-order valence-corrected chi connectivity index (χ1v) is 39.6. The summed E-state index contributed by atoms with van der Waals surface area (Å²) in [7, 11) is -9.90. The Balaban J connectivity index is 5.24. The van der Waals surface area contributed by atoms with E-state index < -0.39 is 97.5 Å². The second kappa shape index (κ2) is 63.5. The minimum atomic E-state index is -4.95. The average Bonchev–Trinajstić information content (AvgIpc) is 3.71. The molecule has 0 aromatic heterocycles. The average molecular weight is 1310 g/mol. The first-order chi connectivity index (χ1) is 43.0. The van der Waals surface area contributed by atoms with Crippen LogP contribution in [0.15, 0.2) is 0 Å². The molecule has 89 heavy (non-hydrogen) atoms. The normalized spacial score (nSPS) is 14.1. The highest BCUT2D eigenvalue weighted by molar-refractivity contribution is 7.47. The fourth-order valence-electron chi connectivity index (χ4n) is 10.6. The molecule has 0 aliphatic rings. The Kier molecular flexibility index (Phi) is 62.1. The van der Waals surface area contributed by atoms with Gasteiger partial charge in [0.1, 0.15) is 19.3 Å². The van der Waals surface area contributed by atoms with E-state index in [9.17, 15) is 43.2 Å². The first kappa shape index (κ1) is 87.1. The Morgan fingerprint density at radius 1 is 0.303 bits per heavy atom. The van der Waals surface area contributed by atoms with E-state index in [0.717, 1.165) is 95.8 Å². The number of aliphatic hydroxyl groups excluding tert-OH is 1. The highest BCUT2D eigenvalue weighted by Crippen LogP contribution is 2.45. The van der Waals surface area contributed by atoms with Gasteiger partial charge in [-0.3, -0.25) is 37.3 Å². The van der Waals surface area contributed by atoms with E-state index in [1.165, 1.54) is 186 Å². The third-order valence-electron chi connectivity index (χ3n) is 16.3. The summed E-state index contributed by atoms with van der Waals surface area (Å²) in [6.45, 7) is 7.25. The molecule has 0 rings (SSSR count). The summed E-state index contributed by atoms with van der Waals surface area (Å²) >= 11 is 0. The lowest BCUT2D eigenvalue weighted by molar-refractivity contribution is -0.161. The van der Waals surface area contributed by atoms with Gasteiger partial charge in [0.15, 0.2) is 12.2 Å². The summed E-state index contributed by atoms with van der Waals surface area (Å²) in [6.07, 6.45) is 49.7. The van der Waals surface area contributed by atoms with Crippen molar-refractivity contribution in [1.82, 2.24) is 0 Å². The third kappa shape index (κ3) is 64.6. The lowest BCUT2D eigenvalue weighted by Crippen LogP contribution is -2.30. The van der Waals surface area contributed by atoms with Gasteiger partial charge in [-0.2, -0.15) is 0 Å². The number of hydrogen-bond donors (Lipinski definition) is 3. The zero-order valence-corrected chi connectivity index (χ0v) is 59.4. The highest BCUT2D eigenvalue weighted by Gasteiger charge is 2.30. The van der Waals surface area contributed by atoms with Crippen LogP contribution in [0.2, 0.25) is 0 Å². The van der Waals surface area contributed by atoms with Crippen LogP contribution < -0.4 is 0 Å². The quantitative estimate of drug-likeness (QED) is 0.0222. The van der Waals surface area contributed by atoms with Crippen molar-refractivity contribution in [2.24, 2.45) is 5.92 Å². The number of hydrogen-bond acceptors (Lipinski definition) is 15. The standard InChI is InChI=1S/C70H136O17P2/c1-6-9-12-15-18-21-24-29-34-39-44-49-54-68(73)81-60-66(87-70(75)56-51-46-41-36-31-27-26-28-32-37-42-47-52-63(4)5)62-85-89(78,79)83-58-64(71)57-82-88(76,77)84-61-65(59-80-67(72)53-48-43-38-33-23-20-17-14-11-8-3)86-69(74)55-50-45-40-35-30-25-22-19-16-13-10-7-2/h63-66,71H,6-62H2,1-5H3,(H,76,77)(H,78,79)/t64-,65+,66+/m0/s1. The van der Waals surface area contributed by atoms with Gasteiger partial charge in [0.2, 0.25) is 0 Å². The highest BCUT2D eigenvalue weighted by atomic mass is 31.2. The lowest BCUT2D eigenvalue weighted by atomic mass is 10.0. The van der Waals surface area contributed by atoms with Crippen LogP contribution in [0.5, 0.6) is 0 Å². The zero-order valence-electron chi connectivity index (χ0n) is 57.6. The van der Waals surface area contributed by atoms with Crippen molar-refractivity contribution in [3.8, 4) is 0 Å². The number of phosphoric acid groups is 2. The minimum Gasteiger partial charge on any atom is -0.462 e. The van der Waals surface area contributed by atoms with E-state index in [4.69, 9.17) is 37.0 Å². The summed E-state index contributed by atoms with van der Waals surface area (Å²) in [6, 6.07) is 0. The molecule has 0 heterocycles. The van der Waals surface area contributed by atoms with Gasteiger partial charge in [-0.25, -0.2) is 9.13 Å². The van der Waals surface area contributed by atoms with Gasteiger partial charge in [-0.05, 0) is 31.6 Å². The van der Waals surface area contributed by atoms with E-state index in [1.807, 2.05) is 0 Å². The molecule has 2 unspecified atom stereocenters. The molecule has 0 fully saturated rings. The van der Waals surface area contributed by atoms with Gasteiger partial charge in [-0.1, -0.05) is 311 Å². The van der Waals surface area contributed by atoms with Crippen molar-refractivity contribution >= 4 is 39.5 Å². The van der Waals surface area contributed by atoms with Gasteiger partial charge in [0.25, 0.3) is 0 Å². The zero-order chi connectivity index (χ0) is 65.6. The van der Waals surface area contributed by atoms with E-state index in [-0.39, 0.29) is 25.7 Å². The molecule has 0 saturated carbocycles. The maximum Gasteiger partial charge on any atom is 0.472 e. The Morgan fingerprint density at radius 2 is 0.517 bits per heavy atom. The van der Waals surface area contributed by atoms with Crippen LogP contribution in [-0.2, 0) is 65.4 Å². The van der Waals surface area contributed by atoms with Crippen LogP contribution in [0.25, 0.3) is 0 Å². The Bertz CT molecular complexity index is 1720. The van der Waals surface area contributed by atoms with Gasteiger partial charge in [0, 0.05) is 25.7 Å². The van der Waals surface area contributed by atoms with Gasteiger partial charge in [-0.15, -0.1) is 0 Å². The molecular formula is C70H136O17P2. The molecule has 0 aromatic carbocycles. The van der Waals surface area contributed by atoms with Crippen LogP contribution in [0, 0.1) is 5.92 Å². The largest absolute Gasteiger partial charge is 0.472 e. The Labute approximate surface area is 543 Å². The van der Waals surface area contributed by atoms with Gasteiger partial charge in [0.05, 0.1) is 26.4 Å². The first-order valence-electron chi connectivity index (χ1n) is 36.6. The predicted molar refractivity (Wildman–Crippen MR) is 358 cm³/mol. The molecule has 0 radical (unpaired) electrons. The van der Waals surface area contributed by atoms with Crippen LogP contribution in [0.1, 0.15) is 362 Å². The fourth-order valence-corrected chi connectivity index (χ4v) is 12.2. The van der Waals surface area contributed by atoms with Crippen molar-refractivity contribution in [2.45, 2.75) is 380 Å². The number of phosphoric ester groups is 2. The topological polar surface area (TPSA) is 237 Å². The summed E-state index contributed by atoms with van der Waals surface area (Å²) in [5.74, 6) is -1.34. The molecule has 5 atom stereocenters. The number of rotatable bonds is 70. The monoisotopic (exact) mass is 1310 g/mol. The third-order valence-corrected chi connectivity index (χ3v) is 18.2. The Morgan fingerprint density at radius 3 is 0.764 bits per heavy atom. The molecule has 0 bridgehead atoms. The molecule has 3 N–H and O–H groups in total. The summed E-state index contributed by atoms with van der Waals surface area (Å²) in [5.41, 5.74) is 0. The maximum absolute atomic E-state index is 13.0. The number of carbonyl (C=O) groups excluding carboxylic acids is 4. The second-order valence-electron chi connectivity index (χ2n) is 25.7. The Hall–Kier alpha value is -1.94. The van der Waals surface area contributed by atoms with Crippen molar-refractivity contribution in [2.75, 3.05) is 39.6 Å². The van der Waals surface area contributed by atoms with Crippen LogP contribution in [-0.4, -0.2) is 96.7 Å². The summed E-state index contributed by atoms with van der Waals surface area (Å²) in [4.78, 5) is 72.5. The van der Waals surface area contributed by atoms with Gasteiger partial charge < -0.3 is 33.8 Å². The van der Waals surface area contributed by atoms with Crippen molar-refractivity contribution < 1.29 is 80.2 Å². The molecule has 19 heteroatoms. The molecule has 0 aromatic rings. The molecule has 17 nitrogen and oxygen atoms in total. The minimum absolute atomic E-state index is 0.107. The van der Waals surface area contributed by atoms with Crippen LogP contribution in [0.4, 0.5) is 0 Å². The summed E-state index contributed by atoms with van der Waals surface area (Å²) < 4.78 is 68.3. The number of esters is 4. The molecule has 0 spiro atoms. The molecule has 0 aliphatic carbocycles. The van der Waals surface area contributed by atoms with Crippen molar-refractivity contribution in [1.29, 1.82) is 0 Å². The second-order valence-corrected chi connectivity index (χ2v) is 28.7. The van der Waals surface area contributed by atoms with E-state index in [1.54, 1.807) is 0 Å². The van der Waals surface area contributed by atoms with Crippen molar-refractivity contribution in [3.05, 3.63) is 0 Å². The molecule has 0 aliphatic heterocycles. The summed E-state index contributed by atoms with van der Waals surface area (Å²) in [5, 5.41) is 10.6. The lowest BCUT2D eigenvalue weighted by Gasteiger charge is -2.21. The SMILES string of the molecule is CCCCCCCCCCCCCCC(=O)OC[C@H](COP(=O)(O)OC[C@@H](O)COP(=O)(O)OC[C@@H](COC(=O)CCCCCCCCCCCC)OC(=O)CCCCCCCCCCCCCC)OC(=O)CCCCCCCCCCCCCCC(C)C. The number of unbranched alkanes of at least 4 members (excludes halogenated alkanes) is 42. The maximum atomic E-state index is 13.0. The number of carbonyl (C=O) groups is 4. The molecule has 528 valence electrons. The molecule has 0 saturated heterocycles. The number of aliphatic hydroxyl groups is 1. The van der Waals surface area contributed by atoms with E-state index >= 15 is 0 Å². The smallest absolute Gasteiger partial charge is 0.462 e. The van der Waals surface area contributed by atoms with E-state index in [2.05, 4.69) is 34.6 Å².